The zero-order valence-electron chi connectivity index (χ0n) is 20.4. The van der Waals surface area contributed by atoms with Crippen LogP contribution in [0.15, 0.2) is 54.6 Å². The Morgan fingerprint density at radius 1 is 1.26 bits per heavy atom. The molecule has 1 aliphatic rings. The van der Waals surface area contributed by atoms with E-state index in [2.05, 4.69) is 30.8 Å². The number of fused-ring (bicyclic) bond motifs is 3. The molecular formula is C25H23F4N9. The summed E-state index contributed by atoms with van der Waals surface area (Å²) >= 11 is 0. The first-order valence-corrected chi connectivity index (χ1v) is 11.6. The van der Waals surface area contributed by atoms with Gasteiger partial charge in [0.25, 0.3) is 0 Å². The van der Waals surface area contributed by atoms with Crippen molar-refractivity contribution in [3.63, 3.8) is 0 Å². The van der Waals surface area contributed by atoms with E-state index in [1.54, 1.807) is 30.1 Å². The Morgan fingerprint density at radius 2 is 2.05 bits per heavy atom. The number of hydrogen-bond donors (Lipinski definition) is 3. The first-order chi connectivity index (χ1) is 18.3. The standard InChI is InChI=1S/C25H23F4N9/c1-14-11-32-24(33-20(31-2)7-8-30)34-21(14)15-9-19-22-35-36-23(38(22)16(10-26)13-37(19)12-15)25(28,29)17-5-3-4-6-18(17)27/h3-9,11-12,16,30-31H,10,13H2,1-2H3,(H,32,33,34)/b20-7+,30-8?/t16-/m0/s1. The van der Waals surface area contributed by atoms with Crippen molar-refractivity contribution >= 4 is 12.2 Å². The van der Waals surface area contributed by atoms with Crippen LogP contribution in [0.1, 0.15) is 23.0 Å². The summed E-state index contributed by atoms with van der Waals surface area (Å²) in [6.45, 7) is 0.908. The molecule has 5 rings (SSSR count). The zero-order valence-corrected chi connectivity index (χ0v) is 20.4. The summed E-state index contributed by atoms with van der Waals surface area (Å²) < 4.78 is 62.2. The van der Waals surface area contributed by atoms with Crippen LogP contribution in [0.3, 0.4) is 0 Å². The van der Waals surface area contributed by atoms with Crippen molar-refractivity contribution in [2.24, 2.45) is 0 Å². The largest absolute Gasteiger partial charge is 0.375 e. The first kappa shape index (κ1) is 25.1. The minimum Gasteiger partial charge on any atom is -0.375 e. The third-order valence-corrected chi connectivity index (χ3v) is 6.28. The number of alkyl halides is 3. The van der Waals surface area contributed by atoms with Gasteiger partial charge in [-0.1, -0.05) is 12.1 Å². The minimum atomic E-state index is -3.83. The zero-order chi connectivity index (χ0) is 27.0. The second-order valence-corrected chi connectivity index (χ2v) is 8.69. The number of nitrogens with one attached hydrogen (secondary N) is 3. The number of aromatic nitrogens is 6. The average Bonchev–Trinajstić information content (AvgIpc) is 3.54. The molecule has 1 aliphatic heterocycles. The van der Waals surface area contributed by atoms with Crippen molar-refractivity contribution in [1.82, 2.24) is 34.6 Å². The van der Waals surface area contributed by atoms with Crippen LogP contribution in [0.25, 0.3) is 22.8 Å². The molecule has 0 aliphatic carbocycles. The first-order valence-electron chi connectivity index (χ1n) is 11.6. The maximum absolute atomic E-state index is 15.5. The van der Waals surface area contributed by atoms with Crippen molar-refractivity contribution in [1.29, 1.82) is 5.41 Å². The van der Waals surface area contributed by atoms with E-state index in [0.29, 0.717) is 22.8 Å². The lowest BCUT2D eigenvalue weighted by atomic mass is 10.1. The highest BCUT2D eigenvalue weighted by Crippen LogP contribution is 2.42. The molecule has 0 saturated carbocycles. The van der Waals surface area contributed by atoms with E-state index in [4.69, 9.17) is 5.41 Å². The SMILES string of the molecule is CN/C(=C\C=N)Nc1ncc(C)c(-c2cc3n(c2)C[C@H](CF)n2c-3nnc2C(F)(F)c2ccccc2F)n1. The van der Waals surface area contributed by atoms with Gasteiger partial charge in [0.2, 0.25) is 11.8 Å². The van der Waals surface area contributed by atoms with Crippen LogP contribution in [-0.4, -0.2) is 49.2 Å². The Balaban J connectivity index is 1.58. The lowest BCUT2D eigenvalue weighted by molar-refractivity contribution is 0.0221. The molecule has 3 aromatic heterocycles. The molecule has 0 radical (unpaired) electrons. The van der Waals surface area contributed by atoms with E-state index < -0.39 is 35.8 Å². The molecule has 3 N–H and O–H groups in total. The highest BCUT2D eigenvalue weighted by atomic mass is 19.3. The molecule has 0 unspecified atom stereocenters. The summed E-state index contributed by atoms with van der Waals surface area (Å²) in [6, 6.07) is 5.23. The van der Waals surface area contributed by atoms with E-state index in [-0.39, 0.29) is 18.3 Å². The van der Waals surface area contributed by atoms with Gasteiger partial charge in [-0.2, -0.15) is 8.78 Å². The van der Waals surface area contributed by atoms with Gasteiger partial charge in [-0.15, -0.1) is 10.2 Å². The summed E-state index contributed by atoms with van der Waals surface area (Å²) in [5.74, 6) is -4.92. The number of hydrogen-bond acceptors (Lipinski definition) is 7. The van der Waals surface area contributed by atoms with Gasteiger partial charge >= 0.3 is 5.92 Å². The smallest absolute Gasteiger partial charge is 0.334 e. The minimum absolute atomic E-state index is 0.0401. The normalized spacial score (nSPS) is 15.1. The Hall–Kier alpha value is -4.55. The second kappa shape index (κ2) is 9.72. The van der Waals surface area contributed by atoms with Gasteiger partial charge in [-0.3, -0.25) is 4.57 Å². The topological polar surface area (TPSA) is 109 Å². The maximum Gasteiger partial charge on any atom is 0.334 e. The van der Waals surface area contributed by atoms with Crippen molar-refractivity contribution in [2.45, 2.75) is 25.4 Å². The number of benzene rings is 1. The van der Waals surface area contributed by atoms with Crippen LogP contribution in [0.4, 0.5) is 23.5 Å². The Labute approximate surface area is 214 Å². The summed E-state index contributed by atoms with van der Waals surface area (Å²) in [7, 11) is 1.68. The van der Waals surface area contributed by atoms with Crippen molar-refractivity contribution < 1.29 is 17.6 Å². The Kier molecular flexibility index (Phi) is 6.43. The fourth-order valence-corrected chi connectivity index (χ4v) is 4.45. The average molecular weight is 526 g/mol. The van der Waals surface area contributed by atoms with Crippen LogP contribution in [0.2, 0.25) is 0 Å². The highest BCUT2D eigenvalue weighted by molar-refractivity contribution is 5.72. The number of nitrogens with zero attached hydrogens (tertiary/aromatic N) is 6. The summed E-state index contributed by atoms with van der Waals surface area (Å²) in [6.07, 6.45) is 5.98. The van der Waals surface area contributed by atoms with Gasteiger partial charge < -0.3 is 20.6 Å². The van der Waals surface area contributed by atoms with Crippen LogP contribution in [-0.2, 0) is 12.5 Å². The molecule has 0 amide bonds. The fourth-order valence-electron chi connectivity index (χ4n) is 4.45. The Morgan fingerprint density at radius 3 is 2.76 bits per heavy atom. The van der Waals surface area contributed by atoms with Gasteiger partial charge in [0.1, 0.15) is 18.3 Å². The van der Waals surface area contributed by atoms with Crippen LogP contribution < -0.4 is 10.6 Å². The molecule has 0 saturated heterocycles. The number of allylic oxidation sites excluding steroid dienone is 1. The quantitative estimate of drug-likeness (QED) is 0.232. The van der Waals surface area contributed by atoms with E-state index in [1.165, 1.54) is 18.2 Å². The van der Waals surface area contributed by atoms with Gasteiger partial charge in [-0.05, 0) is 36.8 Å². The van der Waals surface area contributed by atoms with Crippen LogP contribution >= 0.6 is 0 Å². The maximum atomic E-state index is 15.5. The number of halogens is 4. The Bertz CT molecular complexity index is 1540. The monoisotopic (exact) mass is 525 g/mol. The molecule has 9 nitrogen and oxygen atoms in total. The van der Waals surface area contributed by atoms with Gasteiger partial charge in [0.15, 0.2) is 5.82 Å². The summed E-state index contributed by atoms with van der Waals surface area (Å²) in [5.41, 5.74) is 1.54. The van der Waals surface area contributed by atoms with E-state index >= 15 is 8.78 Å². The molecule has 1 aromatic carbocycles. The molecule has 196 valence electrons. The van der Waals surface area contributed by atoms with Gasteiger partial charge in [-0.25, -0.2) is 18.7 Å². The molecule has 0 bridgehead atoms. The third-order valence-electron chi connectivity index (χ3n) is 6.28. The molecule has 38 heavy (non-hydrogen) atoms. The highest BCUT2D eigenvalue weighted by Gasteiger charge is 2.45. The summed E-state index contributed by atoms with van der Waals surface area (Å²) in [4.78, 5) is 8.84. The number of anilines is 1. The van der Waals surface area contributed by atoms with E-state index in [1.807, 2.05) is 6.92 Å². The van der Waals surface area contributed by atoms with E-state index in [9.17, 15) is 8.78 Å². The predicted molar refractivity (Wildman–Crippen MR) is 133 cm³/mol. The molecule has 4 heterocycles. The number of aryl methyl sites for hydroxylation is 1. The third kappa shape index (κ3) is 4.19. The summed E-state index contributed by atoms with van der Waals surface area (Å²) in [5, 5.41) is 20.8. The van der Waals surface area contributed by atoms with Crippen molar-refractivity contribution in [3.05, 3.63) is 77.4 Å². The van der Waals surface area contributed by atoms with E-state index in [0.717, 1.165) is 28.5 Å². The van der Waals surface area contributed by atoms with Gasteiger partial charge in [0, 0.05) is 37.8 Å². The lowest BCUT2D eigenvalue weighted by Gasteiger charge is -2.28. The van der Waals surface area contributed by atoms with Gasteiger partial charge in [0.05, 0.1) is 23.0 Å². The number of rotatable bonds is 8. The van der Waals surface area contributed by atoms with Crippen molar-refractivity contribution in [2.75, 3.05) is 19.0 Å². The molecule has 4 aromatic rings. The molecule has 13 heteroatoms. The molecule has 1 atom stereocenters. The van der Waals surface area contributed by atoms with Crippen LogP contribution in [0, 0.1) is 18.2 Å². The molecular weight excluding hydrogens is 502 g/mol. The van der Waals surface area contributed by atoms with Crippen molar-refractivity contribution in [3.8, 4) is 22.8 Å². The molecule has 0 fully saturated rings. The lowest BCUT2D eigenvalue weighted by Crippen LogP contribution is -2.30. The molecule has 0 spiro atoms. The fraction of sp³-hybridized carbons (Fsp3) is 0.240. The predicted octanol–water partition coefficient (Wildman–Crippen LogP) is 4.44. The second-order valence-electron chi connectivity index (χ2n) is 8.69. The van der Waals surface area contributed by atoms with Crippen LogP contribution in [0.5, 0.6) is 0 Å².